The van der Waals surface area contributed by atoms with E-state index in [1.807, 2.05) is 0 Å². The van der Waals surface area contributed by atoms with Crippen molar-refractivity contribution in [1.82, 2.24) is 0 Å². The lowest BCUT2D eigenvalue weighted by atomic mass is 9.37. The lowest BCUT2D eigenvalue weighted by Gasteiger charge is -2.68. The SMILES string of the molecule is CC(=O)O[C@H]1CCC2(C)C3CCC4(C)C(CC4[C@H](N)CCCC(C)C)[C@H]3CC[C@H]2C1. The summed E-state index contributed by atoms with van der Waals surface area (Å²) >= 11 is 0. The number of carbonyl (C=O) groups is 1. The van der Waals surface area contributed by atoms with Gasteiger partial charge in [-0.15, -0.1) is 0 Å². The van der Waals surface area contributed by atoms with Crippen LogP contribution in [0.1, 0.15) is 105 Å². The third-order valence-electron chi connectivity index (χ3n) is 10.6. The van der Waals surface area contributed by atoms with E-state index in [2.05, 4.69) is 27.7 Å². The minimum absolute atomic E-state index is 0.101. The third kappa shape index (κ3) is 3.86. The first kappa shape index (κ1) is 22.6. The number of ether oxygens (including phenoxy) is 1. The van der Waals surface area contributed by atoms with E-state index in [0.29, 0.717) is 16.9 Å². The molecule has 0 saturated heterocycles. The van der Waals surface area contributed by atoms with Gasteiger partial charge in [0.05, 0.1) is 0 Å². The van der Waals surface area contributed by atoms with Crippen molar-refractivity contribution in [3.05, 3.63) is 0 Å². The number of carbonyl (C=O) groups excluding carboxylic acids is 1. The molecule has 4 rings (SSSR count). The summed E-state index contributed by atoms with van der Waals surface area (Å²) in [5.74, 6) is 4.89. The lowest BCUT2D eigenvalue weighted by Crippen LogP contribution is -2.63. The molecule has 0 heterocycles. The van der Waals surface area contributed by atoms with Crippen LogP contribution in [0.3, 0.4) is 0 Å². The van der Waals surface area contributed by atoms with Gasteiger partial charge >= 0.3 is 5.97 Å². The van der Waals surface area contributed by atoms with Crippen LogP contribution in [0, 0.1) is 46.3 Å². The van der Waals surface area contributed by atoms with Crippen molar-refractivity contribution in [1.29, 1.82) is 0 Å². The monoisotopic (exact) mass is 417 g/mol. The molecule has 5 unspecified atom stereocenters. The van der Waals surface area contributed by atoms with E-state index in [9.17, 15) is 4.79 Å². The molecule has 0 spiro atoms. The minimum atomic E-state index is -0.101. The molecule has 3 heteroatoms. The quantitative estimate of drug-likeness (QED) is 0.513. The normalized spacial score (nSPS) is 46.2. The Balaban J connectivity index is 1.39. The first-order valence-electron chi connectivity index (χ1n) is 13.1. The maximum Gasteiger partial charge on any atom is 0.302 e. The Morgan fingerprint density at radius 2 is 1.73 bits per heavy atom. The maximum absolute atomic E-state index is 11.5. The van der Waals surface area contributed by atoms with E-state index >= 15 is 0 Å². The molecule has 0 bridgehead atoms. The largest absolute Gasteiger partial charge is 0.463 e. The fourth-order valence-electron chi connectivity index (χ4n) is 8.82. The van der Waals surface area contributed by atoms with Crippen LogP contribution in [0.5, 0.6) is 0 Å². The fraction of sp³-hybridized carbons (Fsp3) is 0.963. The summed E-state index contributed by atoms with van der Waals surface area (Å²) in [5, 5.41) is 0. The molecule has 0 aliphatic heterocycles. The number of esters is 1. The molecule has 0 radical (unpaired) electrons. The van der Waals surface area contributed by atoms with Crippen LogP contribution in [-0.2, 0) is 9.53 Å². The average Bonchev–Trinajstić information content (AvgIpc) is 2.65. The first-order valence-corrected chi connectivity index (χ1v) is 13.1. The number of hydrogen-bond donors (Lipinski definition) is 1. The first-order chi connectivity index (χ1) is 14.1. The van der Waals surface area contributed by atoms with Gasteiger partial charge in [-0.3, -0.25) is 4.79 Å². The maximum atomic E-state index is 11.5. The van der Waals surface area contributed by atoms with Gasteiger partial charge in [0.15, 0.2) is 0 Å². The molecule has 9 atom stereocenters. The Bertz CT molecular complexity index is 632. The van der Waals surface area contributed by atoms with E-state index in [-0.39, 0.29) is 12.1 Å². The number of nitrogens with two attached hydrogens (primary N) is 1. The standard InChI is InChI=1S/C27H47NO2/c1-17(2)7-6-8-25(28)24-16-23-21-10-9-19-15-20(30-18(3)29)11-13-26(19,4)22(21)12-14-27(23,24)5/h17,19-25H,6-16,28H2,1-5H3/t19-,20-,21-,22?,23?,24?,25+,26?,27?/m0/s1. The fourth-order valence-corrected chi connectivity index (χ4v) is 8.82. The van der Waals surface area contributed by atoms with Crippen molar-refractivity contribution >= 4 is 5.97 Å². The van der Waals surface area contributed by atoms with Gasteiger partial charge in [-0.25, -0.2) is 0 Å². The Morgan fingerprint density at radius 3 is 2.43 bits per heavy atom. The van der Waals surface area contributed by atoms with Crippen molar-refractivity contribution in [3.8, 4) is 0 Å². The van der Waals surface area contributed by atoms with E-state index in [1.165, 1.54) is 57.8 Å². The summed E-state index contributed by atoms with van der Waals surface area (Å²) in [5.41, 5.74) is 7.73. The number of fused-ring (bicyclic) bond motifs is 5. The molecule has 4 aliphatic rings. The summed E-state index contributed by atoms with van der Waals surface area (Å²) < 4.78 is 5.62. The summed E-state index contributed by atoms with van der Waals surface area (Å²) in [7, 11) is 0. The zero-order valence-corrected chi connectivity index (χ0v) is 20.3. The van der Waals surface area contributed by atoms with Crippen LogP contribution in [0.15, 0.2) is 0 Å². The van der Waals surface area contributed by atoms with Crippen molar-refractivity contribution in [2.24, 2.45) is 52.1 Å². The predicted molar refractivity (Wildman–Crippen MR) is 123 cm³/mol. The van der Waals surface area contributed by atoms with Crippen LogP contribution in [0.25, 0.3) is 0 Å². The second-order valence-corrected chi connectivity index (χ2v) is 12.5. The van der Waals surface area contributed by atoms with Crippen LogP contribution in [0.2, 0.25) is 0 Å². The van der Waals surface area contributed by atoms with Crippen molar-refractivity contribution in [2.75, 3.05) is 0 Å². The Labute approximate surface area is 185 Å². The van der Waals surface area contributed by atoms with Crippen LogP contribution in [-0.4, -0.2) is 18.1 Å². The summed E-state index contributed by atoms with van der Waals surface area (Å²) in [6.07, 6.45) is 14.3. The second-order valence-electron chi connectivity index (χ2n) is 12.5. The van der Waals surface area contributed by atoms with Crippen molar-refractivity contribution in [3.63, 3.8) is 0 Å². The average molecular weight is 418 g/mol. The molecule has 0 aromatic rings. The highest BCUT2D eigenvalue weighted by atomic mass is 16.5. The van der Waals surface area contributed by atoms with Gasteiger partial charge in [-0.2, -0.15) is 0 Å². The molecular formula is C27H47NO2. The zero-order chi connectivity index (χ0) is 21.7. The van der Waals surface area contributed by atoms with Gasteiger partial charge in [-0.1, -0.05) is 40.5 Å². The van der Waals surface area contributed by atoms with E-state index < -0.39 is 0 Å². The lowest BCUT2D eigenvalue weighted by molar-refractivity contribution is -0.194. The van der Waals surface area contributed by atoms with Crippen LogP contribution in [0.4, 0.5) is 0 Å². The van der Waals surface area contributed by atoms with E-state index in [0.717, 1.165) is 48.3 Å². The molecule has 4 saturated carbocycles. The second kappa shape index (κ2) is 8.41. The summed E-state index contributed by atoms with van der Waals surface area (Å²) in [4.78, 5) is 11.5. The van der Waals surface area contributed by atoms with E-state index in [1.54, 1.807) is 6.92 Å². The molecular weight excluding hydrogens is 370 g/mol. The zero-order valence-electron chi connectivity index (χ0n) is 20.3. The van der Waals surface area contributed by atoms with Crippen molar-refractivity contribution in [2.45, 2.75) is 117 Å². The molecule has 4 aliphatic carbocycles. The third-order valence-corrected chi connectivity index (χ3v) is 10.6. The Hall–Kier alpha value is -0.570. The Morgan fingerprint density at radius 1 is 1.00 bits per heavy atom. The van der Waals surface area contributed by atoms with Gasteiger partial charge in [0, 0.05) is 13.0 Å². The molecule has 0 aromatic heterocycles. The number of hydrogen-bond acceptors (Lipinski definition) is 3. The highest BCUT2D eigenvalue weighted by Crippen LogP contribution is 2.70. The van der Waals surface area contributed by atoms with Gasteiger partial charge in [0.1, 0.15) is 6.10 Å². The number of rotatable bonds is 6. The molecule has 0 amide bonds. The van der Waals surface area contributed by atoms with Gasteiger partial charge < -0.3 is 10.5 Å². The molecule has 2 N–H and O–H groups in total. The molecule has 30 heavy (non-hydrogen) atoms. The van der Waals surface area contributed by atoms with Crippen LogP contribution < -0.4 is 5.73 Å². The molecule has 0 aromatic carbocycles. The van der Waals surface area contributed by atoms with Gasteiger partial charge in [0.25, 0.3) is 0 Å². The topological polar surface area (TPSA) is 52.3 Å². The molecule has 172 valence electrons. The Kier molecular flexibility index (Phi) is 6.34. The van der Waals surface area contributed by atoms with Gasteiger partial charge in [0.2, 0.25) is 0 Å². The molecule has 4 fully saturated rings. The molecule has 3 nitrogen and oxygen atoms in total. The predicted octanol–water partition coefficient (Wildman–Crippen LogP) is 6.34. The highest BCUT2D eigenvalue weighted by Gasteiger charge is 2.63. The van der Waals surface area contributed by atoms with Crippen LogP contribution >= 0.6 is 0 Å². The summed E-state index contributed by atoms with van der Waals surface area (Å²) in [6, 6.07) is 0.410. The smallest absolute Gasteiger partial charge is 0.302 e. The summed E-state index contributed by atoms with van der Waals surface area (Å²) in [6.45, 7) is 11.4. The highest BCUT2D eigenvalue weighted by molar-refractivity contribution is 5.66. The van der Waals surface area contributed by atoms with Crippen molar-refractivity contribution < 1.29 is 9.53 Å². The van der Waals surface area contributed by atoms with Gasteiger partial charge in [-0.05, 0) is 104 Å². The minimum Gasteiger partial charge on any atom is -0.463 e. The van der Waals surface area contributed by atoms with E-state index in [4.69, 9.17) is 10.5 Å².